The standard InChI is InChI=1S/C12H14F4N2O3/c1-2-8-7-21-10(12(14,15)16)17(8)11(18(19)20)6-4-3-5-9(11)13/h3-6,8-10H,2,7H2,1H3/t8-,9?,10?,11?/m1/s1. The number of nitro groups is 1. The molecule has 0 bridgehead atoms. The third kappa shape index (κ3) is 2.44. The normalized spacial score (nSPS) is 37.1. The van der Waals surface area contributed by atoms with Crippen LogP contribution >= 0.6 is 0 Å². The van der Waals surface area contributed by atoms with E-state index in [1.165, 1.54) is 12.2 Å². The maximum Gasteiger partial charge on any atom is 0.428 e. The number of allylic oxidation sites excluding steroid dienone is 2. The summed E-state index contributed by atoms with van der Waals surface area (Å²) in [4.78, 5) is 10.9. The van der Waals surface area contributed by atoms with E-state index in [2.05, 4.69) is 4.74 Å². The van der Waals surface area contributed by atoms with Crippen LogP contribution in [0.25, 0.3) is 0 Å². The van der Waals surface area contributed by atoms with Crippen LogP contribution in [0.2, 0.25) is 0 Å². The Labute approximate surface area is 118 Å². The largest absolute Gasteiger partial charge is 0.428 e. The molecule has 5 nitrogen and oxygen atoms in total. The summed E-state index contributed by atoms with van der Waals surface area (Å²) in [6.07, 6.45) is -5.23. The summed E-state index contributed by atoms with van der Waals surface area (Å²) in [5.41, 5.74) is -2.61. The molecule has 0 aromatic carbocycles. The lowest BCUT2D eigenvalue weighted by Gasteiger charge is -2.39. The molecular weight excluding hydrogens is 296 g/mol. The molecule has 2 aliphatic rings. The fraction of sp³-hybridized carbons (Fsp3) is 0.667. The minimum atomic E-state index is -4.85. The van der Waals surface area contributed by atoms with Crippen molar-refractivity contribution in [2.45, 2.75) is 43.6 Å². The number of ether oxygens (including phenoxy) is 1. The molecule has 0 aromatic heterocycles. The lowest BCUT2D eigenvalue weighted by atomic mass is 9.95. The topological polar surface area (TPSA) is 55.6 Å². The summed E-state index contributed by atoms with van der Waals surface area (Å²) in [7, 11) is 0. The van der Waals surface area contributed by atoms with E-state index >= 15 is 0 Å². The highest BCUT2D eigenvalue weighted by atomic mass is 19.4. The van der Waals surface area contributed by atoms with Crippen molar-refractivity contribution in [3.05, 3.63) is 34.4 Å². The van der Waals surface area contributed by atoms with Gasteiger partial charge in [0, 0.05) is 12.1 Å². The molecule has 0 spiro atoms. The Morgan fingerprint density at radius 3 is 2.62 bits per heavy atom. The Hall–Kier alpha value is -1.48. The van der Waals surface area contributed by atoms with Crippen LogP contribution in [0.15, 0.2) is 24.3 Å². The van der Waals surface area contributed by atoms with E-state index in [-0.39, 0.29) is 13.0 Å². The van der Waals surface area contributed by atoms with Gasteiger partial charge in [-0.1, -0.05) is 19.1 Å². The predicted molar refractivity (Wildman–Crippen MR) is 64.6 cm³/mol. The minimum absolute atomic E-state index is 0.173. The zero-order valence-electron chi connectivity index (χ0n) is 11.1. The first kappa shape index (κ1) is 15.9. The second kappa shape index (κ2) is 5.38. The molecule has 21 heavy (non-hydrogen) atoms. The minimum Gasteiger partial charge on any atom is -0.352 e. The quantitative estimate of drug-likeness (QED) is 0.456. The van der Waals surface area contributed by atoms with Crippen LogP contribution in [0.5, 0.6) is 0 Å². The summed E-state index contributed by atoms with van der Waals surface area (Å²) in [5.74, 6) is 0. The lowest BCUT2D eigenvalue weighted by molar-refractivity contribution is -0.601. The third-order valence-corrected chi connectivity index (χ3v) is 3.69. The maximum absolute atomic E-state index is 14.2. The van der Waals surface area contributed by atoms with E-state index in [4.69, 9.17) is 0 Å². The zero-order valence-corrected chi connectivity index (χ0v) is 11.1. The van der Waals surface area contributed by atoms with E-state index < -0.39 is 35.2 Å². The Morgan fingerprint density at radius 1 is 1.48 bits per heavy atom. The lowest BCUT2D eigenvalue weighted by Crippen LogP contribution is -2.65. The number of halogens is 4. The summed E-state index contributed by atoms with van der Waals surface area (Å²) in [5, 5.41) is 11.4. The first-order valence-electron chi connectivity index (χ1n) is 6.36. The van der Waals surface area contributed by atoms with E-state index in [1.807, 2.05) is 0 Å². The Kier molecular flexibility index (Phi) is 4.07. The number of rotatable bonds is 3. The number of alkyl halides is 4. The molecule has 0 saturated carbocycles. The first-order valence-corrected chi connectivity index (χ1v) is 6.36. The van der Waals surface area contributed by atoms with Gasteiger partial charge in [0.15, 0.2) is 0 Å². The SMILES string of the molecule is CC[C@@H]1COC(C(F)(F)F)N1C1([N+](=O)[O-])C=CC=CC1F. The number of hydrogen-bond donors (Lipinski definition) is 0. The van der Waals surface area contributed by atoms with Gasteiger partial charge in [-0.3, -0.25) is 10.1 Å². The predicted octanol–water partition coefficient (Wildman–Crippen LogP) is 2.42. The molecule has 9 heteroatoms. The molecule has 1 heterocycles. The van der Waals surface area contributed by atoms with Crippen LogP contribution in [0.4, 0.5) is 17.6 Å². The van der Waals surface area contributed by atoms with E-state index in [9.17, 15) is 27.7 Å². The van der Waals surface area contributed by atoms with Crippen molar-refractivity contribution in [2.24, 2.45) is 0 Å². The van der Waals surface area contributed by atoms with Crippen molar-refractivity contribution < 1.29 is 27.2 Å². The van der Waals surface area contributed by atoms with E-state index in [1.54, 1.807) is 6.92 Å². The number of hydrogen-bond acceptors (Lipinski definition) is 4. The van der Waals surface area contributed by atoms with Gasteiger partial charge >= 0.3 is 11.8 Å². The Morgan fingerprint density at radius 2 is 2.14 bits per heavy atom. The van der Waals surface area contributed by atoms with Crippen LogP contribution in [0.1, 0.15) is 13.3 Å². The first-order chi connectivity index (χ1) is 9.75. The van der Waals surface area contributed by atoms with Crippen LogP contribution in [0, 0.1) is 10.1 Å². The van der Waals surface area contributed by atoms with Gasteiger partial charge in [-0.05, 0) is 12.5 Å². The molecule has 1 saturated heterocycles. The van der Waals surface area contributed by atoms with Gasteiger partial charge in [0.05, 0.1) is 11.5 Å². The molecule has 0 aromatic rings. The van der Waals surface area contributed by atoms with Crippen LogP contribution in [-0.4, -0.2) is 46.7 Å². The molecule has 2 rings (SSSR count). The average molecular weight is 310 g/mol. The number of nitrogens with zero attached hydrogens (tertiary/aromatic N) is 2. The molecule has 1 fully saturated rings. The van der Waals surface area contributed by atoms with Gasteiger partial charge in [-0.15, -0.1) is 0 Å². The van der Waals surface area contributed by atoms with E-state index in [0.717, 1.165) is 12.2 Å². The second-order valence-electron chi connectivity index (χ2n) is 4.88. The van der Waals surface area contributed by atoms with Crippen molar-refractivity contribution in [3.63, 3.8) is 0 Å². The highest BCUT2D eigenvalue weighted by Gasteiger charge is 2.66. The van der Waals surface area contributed by atoms with Gasteiger partial charge in [-0.2, -0.15) is 18.1 Å². The molecular formula is C12H14F4N2O3. The summed E-state index contributed by atoms with van der Waals surface area (Å²) < 4.78 is 58.2. The van der Waals surface area contributed by atoms with Gasteiger partial charge in [0.25, 0.3) is 0 Å². The second-order valence-corrected chi connectivity index (χ2v) is 4.88. The monoisotopic (exact) mass is 310 g/mol. The molecule has 1 aliphatic carbocycles. The smallest absolute Gasteiger partial charge is 0.352 e. The Balaban J connectivity index is 2.53. The molecule has 0 amide bonds. The van der Waals surface area contributed by atoms with Gasteiger partial charge in [0.2, 0.25) is 12.4 Å². The van der Waals surface area contributed by atoms with Crippen molar-refractivity contribution >= 4 is 0 Å². The molecule has 118 valence electrons. The summed E-state index contributed by atoms with van der Waals surface area (Å²) in [6, 6.07) is -0.892. The molecule has 1 aliphatic heterocycles. The third-order valence-electron chi connectivity index (χ3n) is 3.69. The van der Waals surface area contributed by atoms with Gasteiger partial charge in [0.1, 0.15) is 0 Å². The summed E-state index contributed by atoms with van der Waals surface area (Å²) in [6.45, 7) is 1.24. The highest BCUT2D eigenvalue weighted by Crippen LogP contribution is 2.41. The van der Waals surface area contributed by atoms with Crippen molar-refractivity contribution in [2.75, 3.05) is 6.61 Å². The van der Waals surface area contributed by atoms with Crippen LogP contribution in [-0.2, 0) is 4.74 Å². The highest BCUT2D eigenvalue weighted by molar-refractivity contribution is 5.23. The average Bonchev–Trinajstić information content (AvgIpc) is 2.83. The zero-order chi connectivity index (χ0) is 15.8. The molecule has 0 N–H and O–H groups in total. The van der Waals surface area contributed by atoms with E-state index in [0.29, 0.717) is 4.90 Å². The Bertz CT molecular complexity index is 480. The molecule has 0 radical (unpaired) electrons. The van der Waals surface area contributed by atoms with Crippen molar-refractivity contribution in [3.8, 4) is 0 Å². The van der Waals surface area contributed by atoms with Crippen LogP contribution in [0.3, 0.4) is 0 Å². The summed E-state index contributed by atoms with van der Waals surface area (Å²) >= 11 is 0. The van der Waals surface area contributed by atoms with Crippen molar-refractivity contribution in [1.29, 1.82) is 0 Å². The maximum atomic E-state index is 14.2. The van der Waals surface area contributed by atoms with Crippen LogP contribution < -0.4 is 0 Å². The molecule has 4 atom stereocenters. The fourth-order valence-corrected chi connectivity index (χ4v) is 2.68. The van der Waals surface area contributed by atoms with Gasteiger partial charge in [-0.25, -0.2) is 4.39 Å². The molecule has 3 unspecified atom stereocenters. The fourth-order valence-electron chi connectivity index (χ4n) is 2.68. The van der Waals surface area contributed by atoms with Crippen molar-refractivity contribution in [1.82, 2.24) is 4.90 Å². The van der Waals surface area contributed by atoms with Gasteiger partial charge < -0.3 is 4.74 Å².